The average Bonchev–Trinajstić information content (AvgIpc) is 2.72. The number of nitrogens with one attached hydrogen (secondary N) is 5. The molecule has 7 heteroatoms. The van der Waals surface area contributed by atoms with Gasteiger partial charge < -0.3 is 26.0 Å². The highest BCUT2D eigenvalue weighted by Gasteiger charge is 2.26. The first-order chi connectivity index (χ1) is 13.7. The zero-order valence-electron chi connectivity index (χ0n) is 17.6. The van der Waals surface area contributed by atoms with Crippen LogP contribution in [0.1, 0.15) is 71.1 Å². The van der Waals surface area contributed by atoms with Crippen molar-refractivity contribution in [2.24, 2.45) is 5.92 Å². The fourth-order valence-corrected chi connectivity index (χ4v) is 4.50. The Bertz CT molecular complexity index is 442. The molecule has 0 radical (unpaired) electrons. The van der Waals surface area contributed by atoms with Crippen molar-refractivity contribution in [3.8, 4) is 0 Å². The first kappa shape index (κ1) is 21.8. The molecule has 3 atom stereocenters. The maximum Gasteiger partial charge on any atom is 0.315 e. The maximum absolute atomic E-state index is 12.1. The molecule has 0 aromatic carbocycles. The molecule has 3 fully saturated rings. The van der Waals surface area contributed by atoms with E-state index in [1.807, 2.05) is 0 Å². The molecule has 2 amide bonds. The number of hydrogen-bond donors (Lipinski definition) is 5. The van der Waals surface area contributed by atoms with Gasteiger partial charge in [-0.2, -0.15) is 0 Å². The van der Waals surface area contributed by atoms with Crippen LogP contribution < -0.4 is 26.6 Å². The second-order valence-corrected chi connectivity index (χ2v) is 8.90. The Labute approximate surface area is 170 Å². The Morgan fingerprint density at radius 1 is 1.00 bits per heavy atom. The van der Waals surface area contributed by atoms with Crippen molar-refractivity contribution >= 4 is 6.03 Å². The Morgan fingerprint density at radius 2 is 1.86 bits per heavy atom. The number of carbonyl (C=O) groups is 1. The number of urea groups is 1. The normalized spacial score (nSPS) is 34.0. The lowest BCUT2D eigenvalue weighted by molar-refractivity contribution is -0.0637. The highest BCUT2D eigenvalue weighted by atomic mass is 16.5. The highest BCUT2D eigenvalue weighted by Crippen LogP contribution is 2.27. The number of ether oxygens (including phenoxy) is 1. The van der Waals surface area contributed by atoms with E-state index < -0.39 is 0 Å². The molecule has 1 saturated carbocycles. The number of amides is 2. The molecule has 28 heavy (non-hydrogen) atoms. The van der Waals surface area contributed by atoms with Crippen molar-refractivity contribution in [2.45, 2.75) is 95.7 Å². The second-order valence-electron chi connectivity index (χ2n) is 8.90. The van der Waals surface area contributed by atoms with E-state index in [9.17, 15) is 4.79 Å². The fraction of sp³-hybridized carbons (Fsp3) is 0.952. The SMILES string of the molecule is CC1CCC(OC2CCC(NC(=O)NCCCNC3CCCCN3)CN2)CC1. The quantitative estimate of drug-likeness (QED) is 0.406. The number of hydrogen-bond acceptors (Lipinski definition) is 5. The lowest BCUT2D eigenvalue weighted by Gasteiger charge is -2.35. The van der Waals surface area contributed by atoms with Crippen molar-refractivity contribution < 1.29 is 9.53 Å². The van der Waals surface area contributed by atoms with E-state index in [1.54, 1.807) is 0 Å². The Hall–Kier alpha value is -0.890. The minimum absolute atomic E-state index is 0.0526. The fourth-order valence-electron chi connectivity index (χ4n) is 4.50. The summed E-state index contributed by atoms with van der Waals surface area (Å²) in [6, 6.07) is 0.138. The van der Waals surface area contributed by atoms with Crippen molar-refractivity contribution in [1.82, 2.24) is 26.6 Å². The number of piperidine rings is 2. The van der Waals surface area contributed by atoms with Gasteiger partial charge in [0.2, 0.25) is 0 Å². The van der Waals surface area contributed by atoms with Gasteiger partial charge in [0.15, 0.2) is 0 Å². The molecular weight excluding hydrogens is 354 g/mol. The van der Waals surface area contributed by atoms with E-state index in [2.05, 4.69) is 33.5 Å². The Morgan fingerprint density at radius 3 is 2.57 bits per heavy atom. The van der Waals surface area contributed by atoms with Crippen molar-refractivity contribution in [1.29, 1.82) is 0 Å². The predicted molar refractivity (Wildman–Crippen MR) is 112 cm³/mol. The van der Waals surface area contributed by atoms with Crippen LogP contribution in [0.4, 0.5) is 4.79 Å². The van der Waals surface area contributed by atoms with Gasteiger partial charge in [0.25, 0.3) is 0 Å². The average molecular weight is 396 g/mol. The molecular formula is C21H41N5O2. The standard InChI is InChI=1S/C21H41N5O2/c1-16-6-9-18(10-7-16)28-20-11-8-17(15-25-20)26-21(27)24-14-4-13-23-19-5-2-3-12-22-19/h16-20,22-23,25H,2-15H2,1H3,(H2,24,26,27). The summed E-state index contributed by atoms with van der Waals surface area (Å²) in [6.45, 7) is 5.87. The van der Waals surface area contributed by atoms with E-state index >= 15 is 0 Å². The third kappa shape index (κ3) is 7.85. The summed E-state index contributed by atoms with van der Waals surface area (Å²) in [5, 5.41) is 16.5. The highest BCUT2D eigenvalue weighted by molar-refractivity contribution is 5.74. The molecule has 2 heterocycles. The third-order valence-electron chi connectivity index (χ3n) is 6.36. The third-order valence-corrected chi connectivity index (χ3v) is 6.36. The Kier molecular flexibility index (Phi) is 9.31. The summed E-state index contributed by atoms with van der Waals surface area (Å²) in [4.78, 5) is 12.1. The molecule has 3 aliphatic rings. The predicted octanol–water partition coefficient (Wildman–Crippen LogP) is 2.04. The first-order valence-electron chi connectivity index (χ1n) is 11.6. The molecule has 1 aliphatic carbocycles. The minimum Gasteiger partial charge on any atom is -0.360 e. The van der Waals surface area contributed by atoms with Gasteiger partial charge in [-0.25, -0.2) is 4.79 Å². The molecule has 5 N–H and O–H groups in total. The van der Waals surface area contributed by atoms with Gasteiger partial charge in [0, 0.05) is 19.1 Å². The molecule has 162 valence electrons. The monoisotopic (exact) mass is 395 g/mol. The summed E-state index contributed by atoms with van der Waals surface area (Å²) in [5.41, 5.74) is 0. The summed E-state index contributed by atoms with van der Waals surface area (Å²) in [5.74, 6) is 0.853. The summed E-state index contributed by atoms with van der Waals surface area (Å²) in [7, 11) is 0. The second kappa shape index (κ2) is 12.0. The van der Waals surface area contributed by atoms with Crippen molar-refractivity contribution in [2.75, 3.05) is 26.2 Å². The number of carbonyl (C=O) groups excluding carboxylic acids is 1. The van der Waals surface area contributed by atoms with Gasteiger partial charge in [0.05, 0.1) is 12.3 Å². The van der Waals surface area contributed by atoms with Crippen molar-refractivity contribution in [3.63, 3.8) is 0 Å². The van der Waals surface area contributed by atoms with Crippen LogP contribution in [0, 0.1) is 5.92 Å². The van der Waals surface area contributed by atoms with Gasteiger partial charge in [-0.1, -0.05) is 6.92 Å². The molecule has 7 nitrogen and oxygen atoms in total. The van der Waals surface area contributed by atoms with E-state index in [0.717, 1.165) is 44.8 Å². The van der Waals surface area contributed by atoms with Crippen LogP contribution in [0.3, 0.4) is 0 Å². The number of rotatable bonds is 8. The molecule has 0 spiro atoms. The van der Waals surface area contributed by atoms with Gasteiger partial charge >= 0.3 is 6.03 Å². The van der Waals surface area contributed by atoms with Crippen LogP contribution in [-0.2, 0) is 4.74 Å². The lowest BCUT2D eigenvalue weighted by atomic mass is 9.89. The molecule has 2 aliphatic heterocycles. The van der Waals surface area contributed by atoms with Crippen LogP contribution in [-0.4, -0.2) is 56.7 Å². The van der Waals surface area contributed by atoms with E-state index in [0.29, 0.717) is 18.8 Å². The minimum atomic E-state index is -0.0526. The van der Waals surface area contributed by atoms with Crippen LogP contribution in [0.15, 0.2) is 0 Å². The molecule has 0 aromatic heterocycles. The zero-order valence-corrected chi connectivity index (χ0v) is 17.6. The summed E-state index contributed by atoms with van der Waals surface area (Å²) in [6.07, 6.45) is 12.6. The van der Waals surface area contributed by atoms with Crippen molar-refractivity contribution in [3.05, 3.63) is 0 Å². The summed E-state index contributed by atoms with van der Waals surface area (Å²) < 4.78 is 6.22. The lowest BCUT2D eigenvalue weighted by Crippen LogP contribution is -2.53. The molecule has 3 rings (SSSR count). The zero-order chi connectivity index (χ0) is 19.6. The van der Waals surface area contributed by atoms with Crippen LogP contribution in [0.2, 0.25) is 0 Å². The molecule has 2 saturated heterocycles. The maximum atomic E-state index is 12.1. The van der Waals surface area contributed by atoms with Crippen LogP contribution >= 0.6 is 0 Å². The first-order valence-corrected chi connectivity index (χ1v) is 11.6. The largest absolute Gasteiger partial charge is 0.360 e. The molecule has 0 bridgehead atoms. The van der Waals surface area contributed by atoms with E-state index in [1.165, 1.54) is 44.9 Å². The topological polar surface area (TPSA) is 86.5 Å². The van der Waals surface area contributed by atoms with Gasteiger partial charge in [0.1, 0.15) is 6.23 Å². The summed E-state index contributed by atoms with van der Waals surface area (Å²) >= 11 is 0. The van der Waals surface area contributed by atoms with Gasteiger partial charge in [-0.3, -0.25) is 5.32 Å². The van der Waals surface area contributed by atoms with E-state index in [-0.39, 0.29) is 18.3 Å². The smallest absolute Gasteiger partial charge is 0.315 e. The van der Waals surface area contributed by atoms with E-state index in [4.69, 9.17) is 4.74 Å². The Balaban J connectivity index is 1.19. The van der Waals surface area contributed by atoms with Crippen LogP contribution in [0.5, 0.6) is 0 Å². The van der Waals surface area contributed by atoms with Gasteiger partial charge in [-0.15, -0.1) is 0 Å². The molecule has 0 aromatic rings. The molecule has 3 unspecified atom stereocenters. The van der Waals surface area contributed by atoms with Crippen LogP contribution in [0.25, 0.3) is 0 Å². The van der Waals surface area contributed by atoms with Gasteiger partial charge in [-0.05, 0) is 83.2 Å².